The highest BCUT2D eigenvalue weighted by molar-refractivity contribution is 5.94. The number of benzene rings is 2. The Kier molecular flexibility index (Phi) is 4.63. The van der Waals surface area contributed by atoms with E-state index in [0.717, 1.165) is 34.2 Å². The zero-order valence-corrected chi connectivity index (χ0v) is 15.5. The Labute approximate surface area is 162 Å². The maximum absolute atomic E-state index is 11.7. The molecule has 0 aliphatic carbocycles. The number of amides is 1. The van der Waals surface area contributed by atoms with Crippen LogP contribution in [0, 0.1) is 0 Å². The highest BCUT2D eigenvalue weighted by atomic mass is 16.5. The van der Waals surface area contributed by atoms with Crippen LogP contribution in [-0.2, 0) is 0 Å². The molecule has 2 N–H and O–H groups in total. The van der Waals surface area contributed by atoms with E-state index in [4.69, 9.17) is 9.72 Å². The zero-order valence-electron chi connectivity index (χ0n) is 15.5. The Morgan fingerprint density at radius 3 is 2.50 bits per heavy atom. The van der Waals surface area contributed by atoms with E-state index in [1.54, 1.807) is 38.7 Å². The number of hydrogen-bond donors (Lipinski definition) is 2. The molecule has 2 aromatic carbocycles. The van der Waals surface area contributed by atoms with Gasteiger partial charge in [-0.1, -0.05) is 0 Å². The first-order chi connectivity index (χ1) is 13.7. The highest BCUT2D eigenvalue weighted by Crippen LogP contribution is 2.31. The average molecular weight is 373 g/mol. The molecule has 0 aliphatic heterocycles. The van der Waals surface area contributed by atoms with E-state index in [0.29, 0.717) is 5.56 Å². The Morgan fingerprint density at radius 2 is 1.82 bits per heavy atom. The number of carbonyl (C=O) groups excluding carboxylic acids is 1. The van der Waals surface area contributed by atoms with Gasteiger partial charge in [0.15, 0.2) is 5.65 Å². The van der Waals surface area contributed by atoms with Crippen molar-refractivity contribution in [1.82, 2.24) is 19.7 Å². The number of anilines is 2. The van der Waals surface area contributed by atoms with Crippen LogP contribution in [-0.4, -0.2) is 34.4 Å². The van der Waals surface area contributed by atoms with Crippen molar-refractivity contribution in [3.63, 3.8) is 0 Å². The lowest BCUT2D eigenvalue weighted by molar-refractivity contribution is 0.0963. The van der Waals surface area contributed by atoms with E-state index in [1.807, 2.05) is 47.0 Å². The van der Waals surface area contributed by atoms with Crippen LogP contribution in [0.25, 0.3) is 16.9 Å². The minimum absolute atomic E-state index is 0.119. The molecule has 28 heavy (non-hydrogen) atoms. The van der Waals surface area contributed by atoms with E-state index in [2.05, 4.69) is 15.6 Å². The summed E-state index contributed by atoms with van der Waals surface area (Å²) in [4.78, 5) is 20.6. The number of hydrogen-bond acceptors (Lipinski definition) is 5. The molecule has 0 bridgehead atoms. The summed E-state index contributed by atoms with van der Waals surface area (Å²) in [5.41, 5.74) is 3.93. The predicted molar refractivity (Wildman–Crippen MR) is 108 cm³/mol. The minimum Gasteiger partial charge on any atom is -0.497 e. The largest absolute Gasteiger partial charge is 0.497 e. The molecule has 7 nitrogen and oxygen atoms in total. The smallest absolute Gasteiger partial charge is 0.251 e. The van der Waals surface area contributed by atoms with Crippen molar-refractivity contribution < 1.29 is 9.53 Å². The monoisotopic (exact) mass is 373 g/mol. The van der Waals surface area contributed by atoms with Gasteiger partial charge in [-0.05, 0) is 48.5 Å². The minimum atomic E-state index is -0.119. The van der Waals surface area contributed by atoms with E-state index in [9.17, 15) is 4.79 Å². The van der Waals surface area contributed by atoms with Crippen LogP contribution in [0.3, 0.4) is 0 Å². The van der Waals surface area contributed by atoms with Gasteiger partial charge < -0.3 is 15.4 Å². The van der Waals surface area contributed by atoms with Crippen molar-refractivity contribution in [1.29, 1.82) is 0 Å². The molecule has 0 saturated heterocycles. The molecule has 0 unspecified atom stereocenters. The van der Waals surface area contributed by atoms with Crippen LogP contribution in [0.1, 0.15) is 10.4 Å². The standard InChI is InChI=1S/C21H19N5O2/c1-22-21(27)15-3-7-16(8-4-15)24-20-19(14-5-9-17(28-2)10-6-14)25-18-13-23-11-12-26(18)20/h3-13,24H,1-2H3,(H,22,27). The fourth-order valence-corrected chi connectivity index (χ4v) is 2.96. The first-order valence-corrected chi connectivity index (χ1v) is 8.75. The second-order valence-corrected chi connectivity index (χ2v) is 6.12. The zero-order chi connectivity index (χ0) is 19.5. The van der Waals surface area contributed by atoms with E-state index in [-0.39, 0.29) is 5.91 Å². The van der Waals surface area contributed by atoms with Crippen molar-refractivity contribution in [3.8, 4) is 17.0 Å². The average Bonchev–Trinajstić information content (AvgIpc) is 3.12. The summed E-state index contributed by atoms with van der Waals surface area (Å²) < 4.78 is 7.19. The van der Waals surface area contributed by atoms with Gasteiger partial charge in [-0.15, -0.1) is 0 Å². The van der Waals surface area contributed by atoms with Crippen LogP contribution in [0.2, 0.25) is 0 Å². The third-order valence-corrected chi connectivity index (χ3v) is 4.43. The molecular formula is C21H19N5O2. The number of nitrogens with zero attached hydrogens (tertiary/aromatic N) is 3. The molecule has 4 aromatic rings. The lowest BCUT2D eigenvalue weighted by Gasteiger charge is -2.10. The first-order valence-electron chi connectivity index (χ1n) is 8.75. The lowest BCUT2D eigenvalue weighted by atomic mass is 10.1. The van der Waals surface area contributed by atoms with E-state index < -0.39 is 0 Å². The fraction of sp³-hybridized carbons (Fsp3) is 0.0952. The highest BCUT2D eigenvalue weighted by Gasteiger charge is 2.15. The van der Waals surface area contributed by atoms with Gasteiger partial charge in [0.25, 0.3) is 5.91 Å². The van der Waals surface area contributed by atoms with Crippen LogP contribution < -0.4 is 15.4 Å². The molecule has 1 amide bonds. The molecule has 0 saturated carbocycles. The Bertz CT molecular complexity index is 1120. The number of nitrogens with one attached hydrogen (secondary N) is 2. The molecule has 2 heterocycles. The molecule has 0 fully saturated rings. The molecular weight excluding hydrogens is 354 g/mol. The van der Waals surface area contributed by atoms with Gasteiger partial charge >= 0.3 is 0 Å². The molecule has 4 rings (SSSR count). The maximum Gasteiger partial charge on any atom is 0.251 e. The quantitative estimate of drug-likeness (QED) is 0.560. The number of ether oxygens (including phenoxy) is 1. The Hall–Kier alpha value is -3.87. The van der Waals surface area contributed by atoms with Crippen LogP contribution in [0.5, 0.6) is 5.75 Å². The van der Waals surface area contributed by atoms with Gasteiger partial charge in [0.2, 0.25) is 0 Å². The number of carbonyl (C=O) groups is 1. The van der Waals surface area contributed by atoms with Crippen molar-refractivity contribution in [2.24, 2.45) is 0 Å². The molecule has 0 atom stereocenters. The summed E-state index contributed by atoms with van der Waals surface area (Å²) in [6.45, 7) is 0. The summed E-state index contributed by atoms with van der Waals surface area (Å²) in [6, 6.07) is 15.0. The summed E-state index contributed by atoms with van der Waals surface area (Å²) in [5.74, 6) is 1.48. The molecule has 0 spiro atoms. The van der Waals surface area contributed by atoms with Crippen LogP contribution in [0.15, 0.2) is 67.1 Å². The van der Waals surface area contributed by atoms with Crippen LogP contribution in [0.4, 0.5) is 11.5 Å². The number of aromatic nitrogens is 3. The summed E-state index contributed by atoms with van der Waals surface area (Å²) >= 11 is 0. The molecule has 7 heteroatoms. The third kappa shape index (κ3) is 3.25. The van der Waals surface area contributed by atoms with Crippen LogP contribution >= 0.6 is 0 Å². The number of rotatable bonds is 5. The van der Waals surface area contributed by atoms with Crippen molar-refractivity contribution in [3.05, 3.63) is 72.7 Å². The molecule has 0 radical (unpaired) electrons. The predicted octanol–water partition coefficient (Wildman–Crippen LogP) is 3.51. The molecule has 0 aliphatic rings. The summed E-state index contributed by atoms with van der Waals surface area (Å²) in [7, 11) is 3.25. The number of imidazole rings is 1. The first kappa shape index (κ1) is 17.5. The third-order valence-electron chi connectivity index (χ3n) is 4.43. The van der Waals surface area contributed by atoms with Gasteiger partial charge in [-0.2, -0.15) is 0 Å². The second-order valence-electron chi connectivity index (χ2n) is 6.12. The van der Waals surface area contributed by atoms with Gasteiger partial charge in [0.1, 0.15) is 17.3 Å². The van der Waals surface area contributed by atoms with Crippen molar-refractivity contribution in [2.75, 3.05) is 19.5 Å². The normalized spacial score (nSPS) is 10.6. The van der Waals surface area contributed by atoms with Gasteiger partial charge in [-0.3, -0.25) is 14.2 Å². The Balaban J connectivity index is 1.75. The van der Waals surface area contributed by atoms with Crippen molar-refractivity contribution >= 4 is 23.1 Å². The maximum atomic E-state index is 11.7. The lowest BCUT2D eigenvalue weighted by Crippen LogP contribution is -2.17. The second kappa shape index (κ2) is 7.40. The SMILES string of the molecule is CNC(=O)c1ccc(Nc2c(-c3ccc(OC)cc3)nc3cnccn23)cc1. The van der Waals surface area contributed by atoms with E-state index in [1.165, 1.54) is 0 Å². The fourth-order valence-electron chi connectivity index (χ4n) is 2.96. The van der Waals surface area contributed by atoms with Gasteiger partial charge in [-0.25, -0.2) is 4.98 Å². The number of methoxy groups -OCH3 is 1. The molecule has 140 valence electrons. The summed E-state index contributed by atoms with van der Waals surface area (Å²) in [6.07, 6.45) is 5.29. The van der Waals surface area contributed by atoms with Gasteiger partial charge in [0.05, 0.1) is 13.3 Å². The molecule has 2 aromatic heterocycles. The number of fused-ring (bicyclic) bond motifs is 1. The van der Waals surface area contributed by atoms with Gasteiger partial charge in [0, 0.05) is 36.3 Å². The topological polar surface area (TPSA) is 80.5 Å². The van der Waals surface area contributed by atoms with Crippen molar-refractivity contribution in [2.45, 2.75) is 0 Å². The van der Waals surface area contributed by atoms with E-state index >= 15 is 0 Å². The summed E-state index contributed by atoms with van der Waals surface area (Å²) in [5, 5.41) is 6.04. The Morgan fingerprint density at radius 1 is 1.07 bits per heavy atom.